The molecule has 0 aliphatic carbocycles. The number of hydrazone groups is 1. The molecular formula is C29H28ClN3O6S. The van der Waals surface area contributed by atoms with Crippen LogP contribution in [0.15, 0.2) is 93.3 Å². The summed E-state index contributed by atoms with van der Waals surface area (Å²) in [5.74, 6) is 1.19. The Kier molecular flexibility index (Phi) is 9.26. The van der Waals surface area contributed by atoms with Crippen molar-refractivity contribution in [1.82, 2.24) is 9.73 Å². The Labute approximate surface area is 238 Å². The second kappa shape index (κ2) is 12.8. The quantitative estimate of drug-likeness (QED) is 0.187. The van der Waals surface area contributed by atoms with Crippen LogP contribution in [-0.4, -0.2) is 39.1 Å². The Hall–Kier alpha value is -4.12. The number of benzene rings is 3. The number of furan rings is 1. The van der Waals surface area contributed by atoms with Gasteiger partial charge < -0.3 is 13.9 Å². The SMILES string of the molecule is COc1ccc(C(=O)N/N=C\c2ccc(CN(Cc3ccc(Cl)cc3)S(=O)(=O)c3ccc(C)cc3)o2)cc1OC. The lowest BCUT2D eigenvalue weighted by atomic mass is 10.2. The summed E-state index contributed by atoms with van der Waals surface area (Å²) in [4.78, 5) is 12.7. The van der Waals surface area contributed by atoms with Gasteiger partial charge in [-0.15, -0.1) is 0 Å². The highest BCUT2D eigenvalue weighted by atomic mass is 35.5. The molecule has 0 aliphatic heterocycles. The molecule has 40 heavy (non-hydrogen) atoms. The highest BCUT2D eigenvalue weighted by Gasteiger charge is 2.26. The van der Waals surface area contributed by atoms with Crippen LogP contribution in [-0.2, 0) is 23.1 Å². The predicted octanol–water partition coefficient (Wildman–Crippen LogP) is 5.41. The van der Waals surface area contributed by atoms with E-state index in [0.29, 0.717) is 33.6 Å². The van der Waals surface area contributed by atoms with Crippen LogP contribution in [0.4, 0.5) is 0 Å². The Morgan fingerprint density at radius 2 is 1.65 bits per heavy atom. The number of sulfonamides is 1. The van der Waals surface area contributed by atoms with Crippen molar-refractivity contribution < 1.29 is 27.1 Å². The third kappa shape index (κ3) is 7.09. The summed E-state index contributed by atoms with van der Waals surface area (Å²) in [6.07, 6.45) is 1.33. The molecule has 11 heteroatoms. The Bertz CT molecular complexity index is 1600. The van der Waals surface area contributed by atoms with E-state index in [1.807, 2.05) is 6.92 Å². The largest absolute Gasteiger partial charge is 0.493 e. The van der Waals surface area contributed by atoms with Crippen molar-refractivity contribution in [2.24, 2.45) is 5.10 Å². The Balaban J connectivity index is 1.49. The molecule has 0 fully saturated rings. The molecule has 4 aromatic rings. The molecule has 0 saturated carbocycles. The summed E-state index contributed by atoms with van der Waals surface area (Å²) < 4.78 is 44.7. The number of carbonyl (C=O) groups is 1. The van der Waals surface area contributed by atoms with Crippen molar-refractivity contribution in [3.8, 4) is 11.5 Å². The van der Waals surface area contributed by atoms with Crippen molar-refractivity contribution in [2.45, 2.75) is 24.9 Å². The summed E-state index contributed by atoms with van der Waals surface area (Å²) >= 11 is 6.01. The zero-order valence-corrected chi connectivity index (χ0v) is 23.7. The monoisotopic (exact) mass is 581 g/mol. The molecule has 0 atom stereocenters. The van der Waals surface area contributed by atoms with Crippen LogP contribution in [0.1, 0.15) is 33.0 Å². The van der Waals surface area contributed by atoms with Gasteiger partial charge in [-0.2, -0.15) is 9.41 Å². The fourth-order valence-corrected chi connectivity index (χ4v) is 5.32. The first-order valence-electron chi connectivity index (χ1n) is 12.1. The number of amides is 1. The van der Waals surface area contributed by atoms with Gasteiger partial charge in [-0.25, -0.2) is 13.8 Å². The second-order valence-corrected chi connectivity index (χ2v) is 11.2. The third-order valence-electron chi connectivity index (χ3n) is 5.95. The Morgan fingerprint density at radius 1 is 0.950 bits per heavy atom. The van der Waals surface area contributed by atoms with Crippen LogP contribution < -0.4 is 14.9 Å². The number of halogens is 1. The van der Waals surface area contributed by atoms with Crippen molar-refractivity contribution in [2.75, 3.05) is 14.2 Å². The minimum Gasteiger partial charge on any atom is -0.493 e. The van der Waals surface area contributed by atoms with Crippen LogP contribution in [0.2, 0.25) is 5.02 Å². The van der Waals surface area contributed by atoms with Gasteiger partial charge >= 0.3 is 0 Å². The van der Waals surface area contributed by atoms with E-state index in [1.165, 1.54) is 24.7 Å². The smallest absolute Gasteiger partial charge is 0.271 e. The molecule has 0 unspecified atom stereocenters. The average molecular weight is 582 g/mol. The average Bonchev–Trinajstić information content (AvgIpc) is 3.40. The lowest BCUT2D eigenvalue weighted by molar-refractivity contribution is 0.0954. The van der Waals surface area contributed by atoms with Gasteiger partial charge in [0.25, 0.3) is 5.91 Å². The van der Waals surface area contributed by atoms with Gasteiger partial charge in [-0.05, 0) is 67.1 Å². The van der Waals surface area contributed by atoms with E-state index in [2.05, 4.69) is 10.5 Å². The molecule has 0 radical (unpaired) electrons. The van der Waals surface area contributed by atoms with E-state index in [1.54, 1.807) is 78.9 Å². The minimum absolute atomic E-state index is 0.0231. The minimum atomic E-state index is -3.85. The van der Waals surface area contributed by atoms with Crippen molar-refractivity contribution in [3.63, 3.8) is 0 Å². The van der Waals surface area contributed by atoms with Gasteiger partial charge in [0.1, 0.15) is 11.5 Å². The lowest BCUT2D eigenvalue weighted by Crippen LogP contribution is -2.30. The number of hydrogen-bond acceptors (Lipinski definition) is 7. The number of methoxy groups -OCH3 is 2. The molecular weight excluding hydrogens is 554 g/mol. The maximum absolute atomic E-state index is 13.6. The van der Waals surface area contributed by atoms with E-state index in [9.17, 15) is 13.2 Å². The molecule has 0 spiro atoms. The normalized spacial score (nSPS) is 11.6. The number of ether oxygens (including phenoxy) is 2. The molecule has 1 N–H and O–H groups in total. The lowest BCUT2D eigenvalue weighted by Gasteiger charge is -2.21. The standard InChI is InChI=1S/C29H28ClN3O6S/c1-20-4-13-26(14-5-20)40(35,36)33(18-21-6-9-23(30)10-7-21)19-25-12-11-24(39-25)17-31-32-29(34)22-8-15-27(37-2)28(16-22)38-3/h4-17H,18-19H2,1-3H3,(H,32,34)/b31-17-. The van der Waals surface area contributed by atoms with Crippen molar-refractivity contribution in [3.05, 3.63) is 112 Å². The van der Waals surface area contributed by atoms with Gasteiger partial charge in [0, 0.05) is 17.1 Å². The fourth-order valence-electron chi connectivity index (χ4n) is 3.80. The molecule has 1 aromatic heterocycles. The highest BCUT2D eigenvalue weighted by Crippen LogP contribution is 2.27. The molecule has 208 valence electrons. The van der Waals surface area contributed by atoms with Gasteiger partial charge in [-0.1, -0.05) is 41.4 Å². The first-order valence-corrected chi connectivity index (χ1v) is 14.0. The third-order valence-corrected chi connectivity index (χ3v) is 8.01. The van der Waals surface area contributed by atoms with Gasteiger partial charge in [0.15, 0.2) is 11.5 Å². The first kappa shape index (κ1) is 28.9. The molecule has 3 aromatic carbocycles. The number of aryl methyl sites for hydroxylation is 1. The van der Waals surface area contributed by atoms with Gasteiger partial charge in [0.05, 0.1) is 31.9 Å². The number of nitrogens with one attached hydrogen (secondary N) is 1. The van der Waals surface area contributed by atoms with Gasteiger partial charge in [0.2, 0.25) is 10.0 Å². The maximum Gasteiger partial charge on any atom is 0.271 e. The number of rotatable bonds is 11. The summed E-state index contributed by atoms with van der Waals surface area (Å²) in [5.41, 5.74) is 4.48. The number of nitrogens with zero attached hydrogens (tertiary/aromatic N) is 2. The summed E-state index contributed by atoms with van der Waals surface area (Å²) in [5, 5.41) is 4.51. The first-order chi connectivity index (χ1) is 19.2. The molecule has 1 amide bonds. The van der Waals surface area contributed by atoms with Crippen LogP contribution >= 0.6 is 11.6 Å². The summed E-state index contributed by atoms with van der Waals surface area (Å²) in [6, 6.07) is 21.7. The van der Waals surface area contributed by atoms with Crippen molar-refractivity contribution >= 4 is 33.7 Å². The topological polar surface area (TPSA) is 110 Å². The summed E-state index contributed by atoms with van der Waals surface area (Å²) in [6.45, 7) is 1.98. The van der Waals surface area contributed by atoms with Gasteiger partial charge in [-0.3, -0.25) is 4.79 Å². The van der Waals surface area contributed by atoms with Crippen LogP contribution in [0.5, 0.6) is 11.5 Å². The van der Waals surface area contributed by atoms with E-state index in [-0.39, 0.29) is 18.0 Å². The molecule has 0 bridgehead atoms. The van der Waals surface area contributed by atoms with E-state index < -0.39 is 15.9 Å². The van der Waals surface area contributed by atoms with E-state index in [0.717, 1.165) is 11.1 Å². The Morgan fingerprint density at radius 3 is 2.33 bits per heavy atom. The molecule has 1 heterocycles. The number of hydrogen-bond donors (Lipinski definition) is 1. The maximum atomic E-state index is 13.6. The number of carbonyl (C=O) groups excluding carboxylic acids is 1. The zero-order chi connectivity index (χ0) is 28.7. The summed E-state index contributed by atoms with van der Waals surface area (Å²) in [7, 11) is -0.865. The fraction of sp³-hybridized carbons (Fsp3) is 0.172. The van der Waals surface area contributed by atoms with Crippen LogP contribution in [0.25, 0.3) is 0 Å². The van der Waals surface area contributed by atoms with E-state index >= 15 is 0 Å². The molecule has 0 saturated heterocycles. The van der Waals surface area contributed by atoms with Crippen LogP contribution in [0.3, 0.4) is 0 Å². The highest BCUT2D eigenvalue weighted by molar-refractivity contribution is 7.89. The van der Waals surface area contributed by atoms with Crippen LogP contribution in [0, 0.1) is 6.92 Å². The van der Waals surface area contributed by atoms with E-state index in [4.69, 9.17) is 25.5 Å². The van der Waals surface area contributed by atoms with Crippen molar-refractivity contribution in [1.29, 1.82) is 0 Å². The molecule has 9 nitrogen and oxygen atoms in total. The predicted molar refractivity (Wildman–Crippen MR) is 152 cm³/mol. The molecule has 4 rings (SSSR count). The zero-order valence-electron chi connectivity index (χ0n) is 22.1. The second-order valence-electron chi connectivity index (χ2n) is 8.79. The molecule has 0 aliphatic rings.